The normalized spacial score (nSPS) is 19.5. The molecule has 0 radical (unpaired) electrons. The van der Waals surface area contributed by atoms with Crippen LogP contribution < -0.4 is 49.1 Å². The maximum Gasteiger partial charge on any atom is 0.245 e. The van der Waals surface area contributed by atoms with Gasteiger partial charge in [0.1, 0.15) is 42.3 Å². The molecule has 0 saturated carbocycles. The lowest BCUT2D eigenvalue weighted by Gasteiger charge is -2.32. The quantitative estimate of drug-likeness (QED) is 0.0259. The molecule has 61 heavy (non-hydrogen) atoms. The largest absolute Gasteiger partial charge is 0.391 e. The van der Waals surface area contributed by atoms with Crippen LogP contribution >= 0.6 is 0 Å². The molecule has 0 spiro atoms. The standard InChI is InChI=1S/C39H68N12O10/c1-7-13-24(47-36(59)31(22(5)52)49-35(58)30(21(4)8-2)48-32(55)26(20-29(40)54)45-23(6)53)37(60)51-19-12-16-28(51)34(57)46-25(14-10-17-44-39(41)42)38(61)50-18-11-15-27(50)33(56)43-9-3/h21-22,24-28,30-31,52H,7-20H2,1-6H3,(H2,40,54)(H,43,56)(H,45,53)(H,46,57)(H,47,59)(H,48,55)(H,49,58)(H4,41,42,44)/t21?,22-,24+,25+,26+,27+,28+,30+,31+/m1/s1. The van der Waals surface area contributed by atoms with Gasteiger partial charge in [-0.1, -0.05) is 33.6 Å². The van der Waals surface area contributed by atoms with Crippen molar-refractivity contribution < 1.29 is 48.3 Å². The molecule has 9 atom stereocenters. The molecule has 0 aromatic heterocycles. The topological polar surface area (TPSA) is 343 Å². The Labute approximate surface area is 357 Å². The number of primary amides is 1. The Morgan fingerprint density at radius 3 is 1.74 bits per heavy atom. The Bertz CT molecular complexity index is 1590. The van der Waals surface area contributed by atoms with Crippen LogP contribution in [-0.2, 0) is 43.2 Å². The molecule has 1 unspecified atom stereocenters. The van der Waals surface area contributed by atoms with Crippen LogP contribution in [0.25, 0.3) is 0 Å². The lowest BCUT2D eigenvalue weighted by Crippen LogP contribution is -2.62. The van der Waals surface area contributed by atoms with Crippen molar-refractivity contribution in [3.63, 3.8) is 0 Å². The predicted octanol–water partition coefficient (Wildman–Crippen LogP) is -3.30. The van der Waals surface area contributed by atoms with Crippen molar-refractivity contribution in [3.05, 3.63) is 0 Å². The number of likely N-dealkylation sites (N-methyl/N-ethyl adjacent to an activating group) is 1. The zero-order valence-corrected chi connectivity index (χ0v) is 36.3. The van der Waals surface area contributed by atoms with Crippen molar-refractivity contribution >= 4 is 59.1 Å². The molecule has 9 amide bonds. The van der Waals surface area contributed by atoms with Gasteiger partial charge in [-0.2, -0.15) is 0 Å². The summed E-state index contributed by atoms with van der Waals surface area (Å²) in [5.74, 6) is -6.69. The van der Waals surface area contributed by atoms with Crippen molar-refractivity contribution in [2.24, 2.45) is 28.1 Å². The van der Waals surface area contributed by atoms with Gasteiger partial charge >= 0.3 is 0 Å². The number of nitrogens with one attached hydrogen (secondary N) is 6. The van der Waals surface area contributed by atoms with E-state index < -0.39 is 108 Å². The summed E-state index contributed by atoms with van der Waals surface area (Å²) in [5, 5.41) is 26.2. The van der Waals surface area contributed by atoms with Crippen molar-refractivity contribution in [1.29, 1.82) is 0 Å². The molecule has 13 N–H and O–H groups in total. The molecule has 2 heterocycles. The lowest BCUT2D eigenvalue weighted by atomic mass is 9.96. The number of carbonyl (C=O) groups is 9. The number of aliphatic hydroxyl groups excluding tert-OH is 1. The Hall–Kier alpha value is -5.54. The average Bonchev–Trinajstić information content (AvgIpc) is 3.89. The van der Waals surface area contributed by atoms with E-state index >= 15 is 0 Å². The first-order valence-electron chi connectivity index (χ1n) is 21.2. The molecule has 2 aliphatic rings. The second kappa shape index (κ2) is 25.3. The maximum absolute atomic E-state index is 14.2. The van der Waals surface area contributed by atoms with Gasteiger partial charge < -0.3 is 64.0 Å². The van der Waals surface area contributed by atoms with Crippen molar-refractivity contribution in [2.75, 3.05) is 26.2 Å². The van der Waals surface area contributed by atoms with E-state index in [9.17, 15) is 48.3 Å². The van der Waals surface area contributed by atoms with Gasteiger partial charge in [-0.3, -0.25) is 48.1 Å². The van der Waals surface area contributed by atoms with Crippen LogP contribution in [0.3, 0.4) is 0 Å². The van der Waals surface area contributed by atoms with Gasteiger partial charge in [0.2, 0.25) is 53.2 Å². The number of hydrogen-bond donors (Lipinski definition) is 10. The third kappa shape index (κ3) is 15.8. The molecule has 2 aliphatic heterocycles. The molecule has 0 bridgehead atoms. The minimum atomic E-state index is -1.60. The van der Waals surface area contributed by atoms with E-state index in [-0.39, 0.29) is 44.2 Å². The number of guanidine groups is 1. The Morgan fingerprint density at radius 1 is 0.705 bits per heavy atom. The van der Waals surface area contributed by atoms with E-state index in [0.717, 1.165) is 6.92 Å². The van der Waals surface area contributed by atoms with Crippen LogP contribution in [-0.4, -0.2) is 149 Å². The second-order valence-corrected chi connectivity index (χ2v) is 15.7. The minimum absolute atomic E-state index is 0.130. The van der Waals surface area contributed by atoms with Crippen molar-refractivity contribution in [1.82, 2.24) is 41.7 Å². The highest BCUT2D eigenvalue weighted by Crippen LogP contribution is 2.23. The zero-order valence-electron chi connectivity index (χ0n) is 36.3. The van der Waals surface area contributed by atoms with E-state index in [1.807, 2.05) is 0 Å². The molecule has 2 rings (SSSR count). The van der Waals surface area contributed by atoms with Crippen LogP contribution in [0.1, 0.15) is 106 Å². The number of nitrogens with two attached hydrogens (primary N) is 3. The lowest BCUT2D eigenvalue weighted by molar-refractivity contribution is -0.145. The van der Waals surface area contributed by atoms with Gasteiger partial charge in [0.25, 0.3) is 0 Å². The molecule has 0 aromatic carbocycles. The summed E-state index contributed by atoms with van der Waals surface area (Å²) in [6.45, 7) is 10.4. The molecule has 0 aliphatic carbocycles. The van der Waals surface area contributed by atoms with E-state index in [0.29, 0.717) is 51.6 Å². The first kappa shape index (κ1) is 51.6. The summed E-state index contributed by atoms with van der Waals surface area (Å²) in [7, 11) is 0. The minimum Gasteiger partial charge on any atom is -0.391 e. The predicted molar refractivity (Wildman–Crippen MR) is 223 cm³/mol. The first-order chi connectivity index (χ1) is 28.8. The fraction of sp³-hybridized carbons (Fsp3) is 0.744. The average molecular weight is 865 g/mol. The first-order valence-corrected chi connectivity index (χ1v) is 21.2. The summed E-state index contributed by atoms with van der Waals surface area (Å²) in [5.41, 5.74) is 16.2. The molecule has 22 heteroatoms. The van der Waals surface area contributed by atoms with Crippen molar-refractivity contribution in [3.8, 4) is 0 Å². The number of rotatable bonds is 24. The molecule has 2 fully saturated rings. The van der Waals surface area contributed by atoms with Crippen LogP contribution in [0, 0.1) is 5.92 Å². The third-order valence-electron chi connectivity index (χ3n) is 10.7. The van der Waals surface area contributed by atoms with Gasteiger partial charge in [0.05, 0.1) is 12.5 Å². The fourth-order valence-corrected chi connectivity index (χ4v) is 7.39. The van der Waals surface area contributed by atoms with Gasteiger partial charge in [0.15, 0.2) is 5.96 Å². The van der Waals surface area contributed by atoms with Gasteiger partial charge in [-0.05, 0) is 64.7 Å². The van der Waals surface area contributed by atoms with E-state index in [4.69, 9.17) is 17.2 Å². The summed E-state index contributed by atoms with van der Waals surface area (Å²) in [6.07, 6.45) is 1.17. The number of likely N-dealkylation sites (tertiary alicyclic amines) is 2. The van der Waals surface area contributed by atoms with Gasteiger partial charge in [0, 0.05) is 33.1 Å². The summed E-state index contributed by atoms with van der Waals surface area (Å²) in [4.78, 5) is 126. The van der Waals surface area contributed by atoms with Crippen LogP contribution in [0.4, 0.5) is 0 Å². The highest BCUT2D eigenvalue weighted by molar-refractivity contribution is 5.98. The van der Waals surface area contributed by atoms with E-state index in [1.165, 1.54) is 16.7 Å². The fourth-order valence-electron chi connectivity index (χ4n) is 7.39. The Morgan fingerprint density at radius 2 is 1.25 bits per heavy atom. The number of aliphatic hydroxyl groups is 1. The number of carbonyl (C=O) groups excluding carboxylic acids is 9. The number of amides is 9. The maximum atomic E-state index is 14.2. The smallest absolute Gasteiger partial charge is 0.245 e. The summed E-state index contributed by atoms with van der Waals surface area (Å²) in [6, 6.07) is -8.19. The van der Waals surface area contributed by atoms with Crippen LogP contribution in [0.15, 0.2) is 4.99 Å². The molecular formula is C39H68N12O10. The van der Waals surface area contributed by atoms with Crippen LogP contribution in [0.2, 0.25) is 0 Å². The Balaban J connectivity index is 2.29. The van der Waals surface area contributed by atoms with Gasteiger partial charge in [-0.15, -0.1) is 0 Å². The van der Waals surface area contributed by atoms with Gasteiger partial charge in [-0.25, -0.2) is 0 Å². The van der Waals surface area contributed by atoms with E-state index in [1.54, 1.807) is 27.7 Å². The highest BCUT2D eigenvalue weighted by atomic mass is 16.3. The van der Waals surface area contributed by atoms with E-state index in [2.05, 4.69) is 36.9 Å². The highest BCUT2D eigenvalue weighted by Gasteiger charge is 2.42. The Kier molecular flexibility index (Phi) is 21.4. The number of aliphatic imine (C=N–C) groups is 1. The monoisotopic (exact) mass is 865 g/mol. The second-order valence-electron chi connectivity index (χ2n) is 15.7. The molecular weight excluding hydrogens is 797 g/mol. The third-order valence-corrected chi connectivity index (χ3v) is 10.7. The zero-order chi connectivity index (χ0) is 46.0. The molecule has 344 valence electrons. The SMILES string of the molecule is CCC[C@H](NC(=O)[C@@H](NC(=O)[C@@H](NC(=O)[C@H](CC(N)=O)NC(C)=O)C(C)CC)[C@@H](C)O)C(=O)N1CCC[C@H]1C(=O)N[C@@H](CCCN=C(N)N)C(=O)N1CCC[C@H]1C(=O)NCC. The molecule has 22 nitrogen and oxygen atoms in total. The summed E-state index contributed by atoms with van der Waals surface area (Å²) < 4.78 is 0. The molecule has 0 aromatic rings. The summed E-state index contributed by atoms with van der Waals surface area (Å²) >= 11 is 0. The number of nitrogens with zero attached hydrogens (tertiary/aromatic N) is 3. The number of hydrogen-bond acceptors (Lipinski definition) is 11. The van der Waals surface area contributed by atoms with Crippen LogP contribution in [0.5, 0.6) is 0 Å². The molecule has 2 saturated heterocycles. The van der Waals surface area contributed by atoms with Crippen molar-refractivity contribution in [2.45, 2.75) is 154 Å².